The topological polar surface area (TPSA) is 90.0 Å². The van der Waals surface area contributed by atoms with E-state index in [2.05, 4.69) is 16.4 Å². The summed E-state index contributed by atoms with van der Waals surface area (Å²) in [6.07, 6.45) is 1.03. The number of rotatable bonds is 6. The number of methoxy groups -OCH3 is 2. The third kappa shape index (κ3) is 4.11. The number of fused-ring (bicyclic) bond motifs is 1. The van der Waals surface area contributed by atoms with Crippen LogP contribution in [-0.2, 0) is 16.0 Å². The van der Waals surface area contributed by atoms with Crippen LogP contribution in [0.3, 0.4) is 0 Å². The number of carbonyl (C=O) groups is 2. The number of ether oxygens (including phenoxy) is 3. The molecule has 9 heteroatoms. The van der Waals surface area contributed by atoms with Gasteiger partial charge in [0.05, 0.1) is 32.4 Å². The van der Waals surface area contributed by atoms with E-state index in [-0.39, 0.29) is 18.2 Å². The molecular formula is C24H23N3O5S. The van der Waals surface area contributed by atoms with Gasteiger partial charge < -0.3 is 24.4 Å². The van der Waals surface area contributed by atoms with Crippen molar-refractivity contribution in [2.45, 2.75) is 12.8 Å². The number of hydrogen-bond donors (Lipinski definition) is 1. The average molecular weight is 466 g/mol. The lowest BCUT2D eigenvalue weighted by atomic mass is 10.1. The van der Waals surface area contributed by atoms with E-state index in [9.17, 15) is 9.59 Å². The second-order valence-corrected chi connectivity index (χ2v) is 8.75. The van der Waals surface area contributed by atoms with E-state index in [0.29, 0.717) is 35.5 Å². The van der Waals surface area contributed by atoms with E-state index in [0.717, 1.165) is 23.4 Å². The van der Waals surface area contributed by atoms with Crippen molar-refractivity contribution >= 4 is 34.0 Å². The van der Waals surface area contributed by atoms with E-state index in [4.69, 9.17) is 14.2 Å². The lowest BCUT2D eigenvalue weighted by molar-refractivity contribution is -0.122. The van der Waals surface area contributed by atoms with Crippen LogP contribution in [0.1, 0.15) is 12.0 Å². The van der Waals surface area contributed by atoms with Gasteiger partial charge in [0.25, 0.3) is 0 Å². The first kappa shape index (κ1) is 21.3. The zero-order valence-electron chi connectivity index (χ0n) is 18.3. The van der Waals surface area contributed by atoms with Crippen LogP contribution in [0.2, 0.25) is 0 Å². The fraction of sp³-hybridized carbons (Fsp3) is 0.292. The first-order chi connectivity index (χ1) is 16.1. The van der Waals surface area contributed by atoms with Gasteiger partial charge in [-0.1, -0.05) is 0 Å². The highest BCUT2D eigenvalue weighted by atomic mass is 32.1. The summed E-state index contributed by atoms with van der Waals surface area (Å²) in [6.45, 7) is 1.00. The monoisotopic (exact) mass is 465 g/mol. The van der Waals surface area contributed by atoms with Gasteiger partial charge >= 0.3 is 0 Å². The Morgan fingerprint density at radius 1 is 1.18 bits per heavy atom. The van der Waals surface area contributed by atoms with Crippen molar-refractivity contribution < 1.29 is 23.8 Å². The van der Waals surface area contributed by atoms with Crippen LogP contribution < -0.4 is 24.4 Å². The Bertz CT molecular complexity index is 1220. The van der Waals surface area contributed by atoms with Gasteiger partial charge in [0, 0.05) is 42.1 Å². The van der Waals surface area contributed by atoms with Crippen molar-refractivity contribution in [1.82, 2.24) is 4.98 Å². The minimum absolute atomic E-state index is 0.109. The molecule has 0 aliphatic carbocycles. The molecule has 2 aromatic carbocycles. The number of nitrogens with zero attached hydrogens (tertiary/aromatic N) is 2. The first-order valence-electron chi connectivity index (χ1n) is 10.6. The van der Waals surface area contributed by atoms with E-state index < -0.39 is 5.92 Å². The number of nitrogens with one attached hydrogen (secondary N) is 1. The Morgan fingerprint density at radius 3 is 2.85 bits per heavy atom. The van der Waals surface area contributed by atoms with E-state index >= 15 is 0 Å². The summed E-state index contributed by atoms with van der Waals surface area (Å²) in [6, 6.07) is 11.3. The van der Waals surface area contributed by atoms with Gasteiger partial charge in [0.15, 0.2) is 16.6 Å². The van der Waals surface area contributed by atoms with Crippen molar-refractivity contribution in [2.75, 3.05) is 37.6 Å². The number of aromatic nitrogens is 1. The van der Waals surface area contributed by atoms with Crippen LogP contribution in [0.5, 0.6) is 17.2 Å². The van der Waals surface area contributed by atoms with Gasteiger partial charge in [-0.2, -0.15) is 0 Å². The molecule has 1 aromatic heterocycles. The van der Waals surface area contributed by atoms with Crippen molar-refractivity contribution in [3.63, 3.8) is 0 Å². The van der Waals surface area contributed by atoms with E-state index in [1.165, 1.54) is 16.9 Å². The van der Waals surface area contributed by atoms with Gasteiger partial charge in [-0.05, 0) is 35.9 Å². The fourth-order valence-electron chi connectivity index (χ4n) is 4.14. The molecule has 2 aliphatic rings. The molecule has 0 spiro atoms. The molecule has 2 aliphatic heterocycles. The van der Waals surface area contributed by atoms with Gasteiger partial charge in [-0.15, -0.1) is 11.3 Å². The molecule has 1 unspecified atom stereocenters. The van der Waals surface area contributed by atoms with Crippen molar-refractivity contribution in [3.8, 4) is 28.5 Å². The Balaban J connectivity index is 1.26. The Labute approximate surface area is 195 Å². The minimum atomic E-state index is -0.463. The van der Waals surface area contributed by atoms with Crippen LogP contribution in [0.15, 0.2) is 41.8 Å². The molecular weight excluding hydrogens is 442 g/mol. The first-order valence-corrected chi connectivity index (χ1v) is 11.5. The summed E-state index contributed by atoms with van der Waals surface area (Å²) in [7, 11) is 3.10. The number of hydrogen-bond acceptors (Lipinski definition) is 7. The average Bonchev–Trinajstić information content (AvgIpc) is 3.57. The largest absolute Gasteiger partial charge is 0.493 e. The summed E-state index contributed by atoms with van der Waals surface area (Å²) in [5.41, 5.74) is 3.64. The molecule has 1 saturated heterocycles. The maximum absolute atomic E-state index is 12.9. The molecule has 3 aromatic rings. The predicted molar refractivity (Wildman–Crippen MR) is 125 cm³/mol. The second-order valence-electron chi connectivity index (χ2n) is 7.89. The Hall–Kier alpha value is -3.59. The van der Waals surface area contributed by atoms with Crippen LogP contribution >= 0.6 is 11.3 Å². The van der Waals surface area contributed by atoms with Crippen molar-refractivity contribution in [1.29, 1.82) is 0 Å². The van der Waals surface area contributed by atoms with E-state index in [1.807, 2.05) is 17.5 Å². The zero-order valence-corrected chi connectivity index (χ0v) is 19.1. The summed E-state index contributed by atoms with van der Waals surface area (Å²) < 4.78 is 16.1. The Morgan fingerprint density at radius 2 is 2.03 bits per heavy atom. The lowest BCUT2D eigenvalue weighted by Gasteiger charge is -2.18. The van der Waals surface area contributed by atoms with Crippen LogP contribution in [0.25, 0.3) is 11.3 Å². The SMILES string of the molecule is COc1ccc(N2CC(C(=O)Nc3nc(-c4ccc5c(c4)CCO5)cs3)CC2=O)cc1OC. The summed E-state index contributed by atoms with van der Waals surface area (Å²) in [5.74, 6) is 1.25. The number of thiazole rings is 1. The van der Waals surface area contributed by atoms with Crippen LogP contribution in [0, 0.1) is 5.92 Å². The number of amides is 2. The summed E-state index contributed by atoms with van der Waals surface area (Å²) in [5, 5.41) is 5.32. The van der Waals surface area contributed by atoms with Crippen LogP contribution in [-0.4, -0.2) is 44.2 Å². The standard InChI is InChI=1S/C24H23N3O5S/c1-30-20-6-4-17(11-21(20)31-2)27-12-16(10-22(27)28)23(29)26-24-25-18(13-33-24)14-3-5-19-15(9-14)7-8-32-19/h3-6,9,11,13,16H,7-8,10,12H2,1-2H3,(H,25,26,29). The van der Waals surface area contributed by atoms with Gasteiger partial charge in [0.2, 0.25) is 11.8 Å². The Kier molecular flexibility index (Phi) is 5.63. The van der Waals surface area contributed by atoms with Crippen molar-refractivity contribution in [2.24, 2.45) is 5.92 Å². The summed E-state index contributed by atoms with van der Waals surface area (Å²) >= 11 is 1.37. The molecule has 2 amide bonds. The second kappa shape index (κ2) is 8.74. The number of benzene rings is 2. The van der Waals surface area contributed by atoms with Gasteiger partial charge in [-0.25, -0.2) is 4.98 Å². The number of anilines is 2. The zero-order chi connectivity index (χ0) is 22.9. The quantitative estimate of drug-likeness (QED) is 0.596. The molecule has 170 valence electrons. The third-order valence-electron chi connectivity index (χ3n) is 5.89. The maximum Gasteiger partial charge on any atom is 0.231 e. The molecule has 0 bridgehead atoms. The third-order valence-corrected chi connectivity index (χ3v) is 6.65. The fourth-order valence-corrected chi connectivity index (χ4v) is 4.87. The highest BCUT2D eigenvalue weighted by Crippen LogP contribution is 2.35. The molecule has 5 rings (SSSR count). The van der Waals surface area contributed by atoms with Gasteiger partial charge in [0.1, 0.15) is 5.75 Å². The van der Waals surface area contributed by atoms with Gasteiger partial charge in [-0.3, -0.25) is 9.59 Å². The van der Waals surface area contributed by atoms with Crippen LogP contribution in [0.4, 0.5) is 10.8 Å². The molecule has 0 radical (unpaired) electrons. The molecule has 0 saturated carbocycles. The minimum Gasteiger partial charge on any atom is -0.493 e. The lowest BCUT2D eigenvalue weighted by Crippen LogP contribution is -2.28. The highest BCUT2D eigenvalue weighted by Gasteiger charge is 2.35. The van der Waals surface area contributed by atoms with E-state index in [1.54, 1.807) is 37.3 Å². The highest BCUT2D eigenvalue weighted by molar-refractivity contribution is 7.14. The molecule has 3 heterocycles. The molecule has 1 fully saturated rings. The molecule has 8 nitrogen and oxygen atoms in total. The maximum atomic E-state index is 12.9. The number of carbonyl (C=O) groups excluding carboxylic acids is 2. The van der Waals surface area contributed by atoms with Crippen molar-refractivity contribution in [3.05, 3.63) is 47.3 Å². The molecule has 1 atom stereocenters. The summed E-state index contributed by atoms with van der Waals surface area (Å²) in [4.78, 5) is 31.7. The molecule has 1 N–H and O–H groups in total. The smallest absolute Gasteiger partial charge is 0.231 e. The predicted octanol–water partition coefficient (Wildman–Crippen LogP) is 3.75. The molecule has 33 heavy (non-hydrogen) atoms. The normalized spacial score (nSPS) is 17.0.